The molecule has 0 saturated heterocycles. The van der Waals surface area contributed by atoms with Crippen molar-refractivity contribution in [2.45, 2.75) is 38.4 Å². The van der Waals surface area contributed by atoms with E-state index in [4.69, 9.17) is 21.1 Å². The number of nitrogens with two attached hydrogens (primary N) is 1. The van der Waals surface area contributed by atoms with Crippen LogP contribution in [0.4, 0.5) is 0 Å². The summed E-state index contributed by atoms with van der Waals surface area (Å²) in [6.45, 7) is 1.55. The van der Waals surface area contributed by atoms with E-state index < -0.39 is 61.6 Å². The van der Waals surface area contributed by atoms with Crippen molar-refractivity contribution in [1.82, 2.24) is 16.0 Å². The van der Waals surface area contributed by atoms with Gasteiger partial charge in [0.05, 0.1) is 25.8 Å². The zero-order valence-electron chi connectivity index (χ0n) is 14.2. The number of rotatable bonds is 11. The van der Waals surface area contributed by atoms with E-state index in [1.807, 2.05) is 12.2 Å². The second-order valence-electron chi connectivity index (χ2n) is 5.51. The van der Waals surface area contributed by atoms with Gasteiger partial charge in [-0.15, -0.1) is 0 Å². The first kappa shape index (κ1) is 22.8. The molecule has 11 nitrogen and oxygen atoms in total. The second-order valence-corrected chi connectivity index (χ2v) is 5.51. The number of aliphatic carboxylic acids is 1. The van der Waals surface area contributed by atoms with Gasteiger partial charge in [0.2, 0.25) is 17.7 Å². The van der Waals surface area contributed by atoms with Crippen LogP contribution in [0.3, 0.4) is 0 Å². The topological polar surface area (TPSA) is 191 Å². The highest BCUT2D eigenvalue weighted by Crippen LogP contribution is 2.04. The SMILES string of the molecule is CCC(C)C(N)C(=O)NCC(=O)NC(CO)C(=O)NC(CO)C(=O)O. The van der Waals surface area contributed by atoms with Gasteiger partial charge in [-0.1, -0.05) is 20.3 Å². The van der Waals surface area contributed by atoms with Gasteiger partial charge in [-0.3, -0.25) is 14.4 Å². The van der Waals surface area contributed by atoms with Gasteiger partial charge in [-0.2, -0.15) is 0 Å². The first-order chi connectivity index (χ1) is 11.7. The lowest BCUT2D eigenvalue weighted by molar-refractivity contribution is -0.143. The molecule has 0 saturated carbocycles. The zero-order chi connectivity index (χ0) is 19.6. The van der Waals surface area contributed by atoms with Gasteiger partial charge in [0.15, 0.2) is 0 Å². The highest BCUT2D eigenvalue weighted by atomic mass is 16.4. The molecule has 3 amide bonds. The molecule has 4 atom stereocenters. The third-order valence-electron chi connectivity index (χ3n) is 3.61. The van der Waals surface area contributed by atoms with Crippen molar-refractivity contribution in [1.29, 1.82) is 0 Å². The Morgan fingerprint density at radius 1 is 1.00 bits per heavy atom. The molecule has 0 aliphatic rings. The van der Waals surface area contributed by atoms with Gasteiger partial charge >= 0.3 is 5.97 Å². The number of nitrogens with one attached hydrogen (secondary N) is 3. The number of carboxylic acid groups (broad SMARTS) is 1. The summed E-state index contributed by atoms with van der Waals surface area (Å²) >= 11 is 0. The Bertz CT molecular complexity index is 486. The van der Waals surface area contributed by atoms with Gasteiger partial charge in [0.25, 0.3) is 0 Å². The molecule has 0 aliphatic heterocycles. The summed E-state index contributed by atoms with van der Waals surface area (Å²) in [5, 5.41) is 33.1. The fourth-order valence-corrected chi connectivity index (χ4v) is 1.69. The molecule has 0 bridgehead atoms. The van der Waals surface area contributed by atoms with Crippen LogP contribution in [0.15, 0.2) is 0 Å². The van der Waals surface area contributed by atoms with Gasteiger partial charge in [-0.05, 0) is 5.92 Å². The van der Waals surface area contributed by atoms with Crippen LogP contribution >= 0.6 is 0 Å². The first-order valence-electron chi connectivity index (χ1n) is 7.75. The fraction of sp³-hybridized carbons (Fsp3) is 0.714. The van der Waals surface area contributed by atoms with Gasteiger partial charge in [0.1, 0.15) is 12.1 Å². The summed E-state index contributed by atoms with van der Waals surface area (Å²) < 4.78 is 0. The van der Waals surface area contributed by atoms with Crippen LogP contribution in [0.2, 0.25) is 0 Å². The first-order valence-corrected chi connectivity index (χ1v) is 7.75. The number of carboxylic acids is 1. The van der Waals surface area contributed by atoms with Crippen LogP contribution in [0.25, 0.3) is 0 Å². The summed E-state index contributed by atoms with van der Waals surface area (Å²) in [7, 11) is 0. The Hall–Kier alpha value is -2.24. The summed E-state index contributed by atoms with van der Waals surface area (Å²) in [4.78, 5) is 46.0. The molecule has 0 aromatic heterocycles. The Balaban J connectivity index is 4.52. The van der Waals surface area contributed by atoms with Gasteiger partial charge < -0.3 is 37.0 Å². The Morgan fingerprint density at radius 2 is 1.56 bits per heavy atom. The molecule has 0 spiro atoms. The molecule has 8 N–H and O–H groups in total. The average molecular weight is 362 g/mol. The Kier molecular flexibility index (Phi) is 10.3. The van der Waals surface area contributed by atoms with E-state index >= 15 is 0 Å². The lowest BCUT2D eigenvalue weighted by atomic mass is 9.99. The summed E-state index contributed by atoms with van der Waals surface area (Å²) in [5.74, 6) is -3.83. The van der Waals surface area contributed by atoms with Crippen LogP contribution in [-0.4, -0.2) is 76.9 Å². The van der Waals surface area contributed by atoms with Crippen molar-refractivity contribution >= 4 is 23.7 Å². The molecule has 0 aromatic rings. The number of hydrogen-bond acceptors (Lipinski definition) is 7. The van der Waals surface area contributed by atoms with Gasteiger partial charge in [0, 0.05) is 0 Å². The van der Waals surface area contributed by atoms with E-state index in [-0.39, 0.29) is 5.92 Å². The Labute approximate surface area is 145 Å². The molecular formula is C14H26N4O7. The van der Waals surface area contributed by atoms with Crippen molar-refractivity contribution in [3.8, 4) is 0 Å². The van der Waals surface area contributed by atoms with E-state index in [9.17, 15) is 19.2 Å². The quantitative estimate of drug-likeness (QED) is 0.197. The van der Waals surface area contributed by atoms with E-state index in [0.717, 1.165) is 0 Å². The van der Waals surface area contributed by atoms with Crippen molar-refractivity contribution in [2.75, 3.05) is 19.8 Å². The third-order valence-corrected chi connectivity index (χ3v) is 3.61. The number of carbonyl (C=O) groups excluding carboxylic acids is 3. The monoisotopic (exact) mass is 362 g/mol. The van der Waals surface area contributed by atoms with Crippen LogP contribution in [-0.2, 0) is 19.2 Å². The molecule has 0 heterocycles. The van der Waals surface area contributed by atoms with Crippen molar-refractivity contribution in [2.24, 2.45) is 11.7 Å². The highest BCUT2D eigenvalue weighted by Gasteiger charge is 2.26. The van der Waals surface area contributed by atoms with Crippen LogP contribution in [0, 0.1) is 5.92 Å². The molecule has 0 rings (SSSR count). The molecule has 144 valence electrons. The fourth-order valence-electron chi connectivity index (χ4n) is 1.69. The average Bonchev–Trinajstić information content (AvgIpc) is 2.59. The molecule has 11 heteroatoms. The normalized spacial score (nSPS) is 15.4. The van der Waals surface area contributed by atoms with E-state index in [1.165, 1.54) is 0 Å². The summed E-state index contributed by atoms with van der Waals surface area (Å²) in [5.41, 5.74) is 5.70. The smallest absolute Gasteiger partial charge is 0.328 e. The van der Waals surface area contributed by atoms with Gasteiger partial charge in [-0.25, -0.2) is 4.79 Å². The van der Waals surface area contributed by atoms with Crippen molar-refractivity contribution < 1.29 is 34.5 Å². The molecule has 25 heavy (non-hydrogen) atoms. The summed E-state index contributed by atoms with van der Waals surface area (Å²) in [6, 6.07) is -3.77. The number of hydrogen-bond donors (Lipinski definition) is 7. The maximum Gasteiger partial charge on any atom is 0.328 e. The Morgan fingerprint density at radius 3 is 2.00 bits per heavy atom. The molecule has 0 aliphatic carbocycles. The van der Waals surface area contributed by atoms with Crippen LogP contribution in [0.1, 0.15) is 20.3 Å². The lowest BCUT2D eigenvalue weighted by Crippen LogP contribution is -2.55. The minimum absolute atomic E-state index is 0.0783. The molecule has 0 radical (unpaired) electrons. The maximum atomic E-state index is 11.8. The molecule has 4 unspecified atom stereocenters. The highest BCUT2D eigenvalue weighted by molar-refractivity contribution is 5.92. The maximum absolute atomic E-state index is 11.8. The number of carbonyl (C=O) groups is 4. The molecule has 0 aromatic carbocycles. The standard InChI is InChI=1S/C14H26N4O7/c1-3-7(2)11(15)13(23)16-4-10(21)17-8(5-19)12(22)18-9(6-20)14(24)25/h7-9,11,19-20H,3-6,15H2,1-2H3,(H,16,23)(H,17,21)(H,18,22)(H,24,25). The predicted molar refractivity (Wildman–Crippen MR) is 86.1 cm³/mol. The second kappa shape index (κ2) is 11.3. The predicted octanol–water partition coefficient (Wildman–Crippen LogP) is -3.49. The van der Waals surface area contributed by atoms with Crippen molar-refractivity contribution in [3.05, 3.63) is 0 Å². The minimum Gasteiger partial charge on any atom is -0.480 e. The summed E-state index contributed by atoms with van der Waals surface area (Å²) in [6.07, 6.45) is 0.684. The van der Waals surface area contributed by atoms with Crippen LogP contribution in [0.5, 0.6) is 0 Å². The lowest BCUT2D eigenvalue weighted by Gasteiger charge is -2.20. The molecular weight excluding hydrogens is 336 g/mol. The number of aliphatic hydroxyl groups is 2. The number of aliphatic hydroxyl groups excluding tert-OH is 2. The number of amides is 3. The minimum atomic E-state index is -1.56. The largest absolute Gasteiger partial charge is 0.480 e. The van der Waals surface area contributed by atoms with Crippen molar-refractivity contribution in [3.63, 3.8) is 0 Å². The van der Waals surface area contributed by atoms with Crippen LogP contribution < -0.4 is 21.7 Å². The molecule has 0 fully saturated rings. The van der Waals surface area contributed by atoms with E-state index in [2.05, 4.69) is 10.6 Å². The van der Waals surface area contributed by atoms with E-state index in [1.54, 1.807) is 6.92 Å². The van der Waals surface area contributed by atoms with E-state index in [0.29, 0.717) is 6.42 Å². The third kappa shape index (κ3) is 7.92. The zero-order valence-corrected chi connectivity index (χ0v) is 14.2.